The first-order valence-electron chi connectivity index (χ1n) is 3.54. The molecule has 0 unspecified atom stereocenters. The zero-order chi connectivity index (χ0) is 10.7. The quantitative estimate of drug-likeness (QED) is 0.636. The molecular weight excluding hydrogens is 188 g/mol. The van der Waals surface area contributed by atoms with E-state index in [1.54, 1.807) is 0 Å². The minimum atomic E-state index is -1.24. The van der Waals surface area contributed by atoms with Crippen molar-refractivity contribution in [2.75, 3.05) is 0 Å². The van der Waals surface area contributed by atoms with Crippen molar-refractivity contribution in [1.82, 2.24) is 0 Å². The number of hydrogen-bond acceptors (Lipinski definition) is 4. The lowest BCUT2D eigenvalue weighted by Crippen LogP contribution is -2.00. The molecule has 0 saturated heterocycles. The van der Waals surface area contributed by atoms with Crippen molar-refractivity contribution in [3.63, 3.8) is 0 Å². The van der Waals surface area contributed by atoms with Gasteiger partial charge in [0.15, 0.2) is 0 Å². The molecular formula is C8H6N2O4. The fourth-order valence-electron chi connectivity index (χ4n) is 0.938. The van der Waals surface area contributed by atoms with Gasteiger partial charge in [-0.25, -0.2) is 15.1 Å². The second kappa shape index (κ2) is 3.65. The summed E-state index contributed by atoms with van der Waals surface area (Å²) in [5, 5.41) is 20.2. The van der Waals surface area contributed by atoms with E-state index in [-0.39, 0.29) is 16.8 Å². The van der Waals surface area contributed by atoms with Gasteiger partial charge in [-0.3, -0.25) is 0 Å². The van der Waals surface area contributed by atoms with Crippen LogP contribution in [0.25, 0.3) is 0 Å². The molecule has 0 radical (unpaired) electrons. The Labute approximate surface area is 78.3 Å². The number of nitrogens with zero attached hydrogens (tertiary/aromatic N) is 1. The summed E-state index contributed by atoms with van der Waals surface area (Å²) < 4.78 is 0. The summed E-state index contributed by atoms with van der Waals surface area (Å²) in [5.41, 5.74) is 6.23. The standard InChI is InChI=1S/C8H6N2O4/c9-10-6-3-4(7(11)12)1-2-5(6)8(13)14/h1-3,9H,(H,11,12)(H,13,14). The number of carboxylic acids is 2. The zero-order valence-corrected chi connectivity index (χ0v) is 6.89. The first-order chi connectivity index (χ1) is 6.56. The topological polar surface area (TPSA) is 111 Å². The van der Waals surface area contributed by atoms with Crippen LogP contribution in [-0.2, 0) is 0 Å². The van der Waals surface area contributed by atoms with Crippen LogP contribution in [0.4, 0.5) is 5.69 Å². The lowest BCUT2D eigenvalue weighted by molar-refractivity contribution is 0.0682. The second-order valence-corrected chi connectivity index (χ2v) is 2.45. The molecule has 1 rings (SSSR count). The first kappa shape index (κ1) is 9.85. The van der Waals surface area contributed by atoms with Crippen molar-refractivity contribution in [3.05, 3.63) is 29.3 Å². The van der Waals surface area contributed by atoms with Crippen molar-refractivity contribution in [3.8, 4) is 0 Å². The molecule has 0 aliphatic heterocycles. The molecule has 1 aromatic rings. The Kier molecular flexibility index (Phi) is 2.57. The third-order valence-electron chi connectivity index (χ3n) is 1.60. The number of hydrogen-bond donors (Lipinski definition) is 3. The molecule has 0 heterocycles. The predicted molar refractivity (Wildman–Crippen MR) is 45.2 cm³/mol. The molecule has 0 spiro atoms. The van der Waals surface area contributed by atoms with Crippen molar-refractivity contribution >= 4 is 17.6 Å². The van der Waals surface area contributed by atoms with Gasteiger partial charge in [-0.2, -0.15) is 5.11 Å². The largest absolute Gasteiger partial charge is 0.478 e. The molecule has 0 bridgehead atoms. The Hall–Kier alpha value is -2.24. The minimum Gasteiger partial charge on any atom is -0.478 e. The van der Waals surface area contributed by atoms with Gasteiger partial charge in [0, 0.05) is 0 Å². The highest BCUT2D eigenvalue weighted by Gasteiger charge is 2.12. The van der Waals surface area contributed by atoms with Crippen LogP contribution in [0.1, 0.15) is 20.7 Å². The molecule has 0 saturated carbocycles. The molecule has 1 aromatic carbocycles. The van der Waals surface area contributed by atoms with Crippen molar-refractivity contribution in [1.29, 1.82) is 5.53 Å². The van der Waals surface area contributed by atoms with Crippen LogP contribution in [0, 0.1) is 5.53 Å². The van der Waals surface area contributed by atoms with Crippen LogP contribution in [0.5, 0.6) is 0 Å². The Bertz CT molecular complexity index is 414. The van der Waals surface area contributed by atoms with E-state index in [0.29, 0.717) is 0 Å². The average Bonchev–Trinajstić information content (AvgIpc) is 2.16. The summed E-state index contributed by atoms with van der Waals surface area (Å²) >= 11 is 0. The fraction of sp³-hybridized carbons (Fsp3) is 0. The third-order valence-corrected chi connectivity index (χ3v) is 1.60. The van der Waals surface area contributed by atoms with E-state index < -0.39 is 11.9 Å². The van der Waals surface area contributed by atoms with Crippen molar-refractivity contribution in [2.45, 2.75) is 0 Å². The van der Waals surface area contributed by atoms with E-state index in [2.05, 4.69) is 5.11 Å². The molecule has 14 heavy (non-hydrogen) atoms. The number of aromatic carboxylic acids is 2. The average molecular weight is 194 g/mol. The molecule has 3 N–H and O–H groups in total. The van der Waals surface area contributed by atoms with Gasteiger partial charge in [0.2, 0.25) is 0 Å². The van der Waals surface area contributed by atoms with E-state index in [9.17, 15) is 9.59 Å². The van der Waals surface area contributed by atoms with Crippen LogP contribution in [-0.4, -0.2) is 22.2 Å². The lowest BCUT2D eigenvalue weighted by Gasteiger charge is -2.00. The second-order valence-electron chi connectivity index (χ2n) is 2.45. The summed E-state index contributed by atoms with van der Waals surface area (Å²) in [4.78, 5) is 21.1. The number of benzene rings is 1. The highest BCUT2D eigenvalue weighted by atomic mass is 16.4. The van der Waals surface area contributed by atoms with E-state index in [1.165, 1.54) is 0 Å². The molecule has 0 amide bonds. The Balaban J connectivity index is 3.32. The summed E-state index contributed by atoms with van der Waals surface area (Å²) in [7, 11) is 0. The van der Waals surface area contributed by atoms with E-state index in [1.807, 2.05) is 0 Å². The molecule has 72 valence electrons. The van der Waals surface area contributed by atoms with Crippen LogP contribution in [0.15, 0.2) is 23.3 Å². The maximum Gasteiger partial charge on any atom is 0.337 e. The first-order valence-corrected chi connectivity index (χ1v) is 3.54. The summed E-state index contributed by atoms with van der Waals surface area (Å²) in [5.74, 6) is -2.43. The van der Waals surface area contributed by atoms with Crippen molar-refractivity contribution in [2.24, 2.45) is 5.11 Å². The third kappa shape index (κ3) is 1.74. The monoisotopic (exact) mass is 194 g/mol. The van der Waals surface area contributed by atoms with Gasteiger partial charge in [0.1, 0.15) is 5.69 Å². The van der Waals surface area contributed by atoms with Gasteiger partial charge in [-0.1, -0.05) is 0 Å². The van der Waals surface area contributed by atoms with Crippen LogP contribution >= 0.6 is 0 Å². The number of carbonyl (C=O) groups is 2. The smallest absolute Gasteiger partial charge is 0.337 e. The highest BCUT2D eigenvalue weighted by molar-refractivity contribution is 5.96. The van der Waals surface area contributed by atoms with Crippen LogP contribution < -0.4 is 0 Å². The molecule has 0 aliphatic carbocycles. The van der Waals surface area contributed by atoms with Gasteiger partial charge >= 0.3 is 11.9 Å². The summed E-state index contributed by atoms with van der Waals surface area (Å²) in [6.07, 6.45) is 0. The van der Waals surface area contributed by atoms with Gasteiger partial charge in [-0.05, 0) is 18.2 Å². The summed E-state index contributed by atoms with van der Waals surface area (Å²) in [6.45, 7) is 0. The molecule has 0 aromatic heterocycles. The number of nitrogens with one attached hydrogen (secondary N) is 1. The van der Waals surface area contributed by atoms with Gasteiger partial charge in [-0.15, -0.1) is 0 Å². The molecule has 6 heteroatoms. The minimum absolute atomic E-state index is 0.0963. The number of carboxylic acid groups (broad SMARTS) is 2. The van der Waals surface area contributed by atoms with Crippen molar-refractivity contribution < 1.29 is 19.8 Å². The van der Waals surface area contributed by atoms with Crippen LogP contribution in [0.2, 0.25) is 0 Å². The maximum atomic E-state index is 10.6. The lowest BCUT2D eigenvalue weighted by atomic mass is 10.1. The molecule has 0 fully saturated rings. The Morgan fingerprint density at radius 1 is 1.21 bits per heavy atom. The molecule has 6 nitrogen and oxygen atoms in total. The van der Waals surface area contributed by atoms with E-state index in [0.717, 1.165) is 18.2 Å². The predicted octanol–water partition coefficient (Wildman–Crippen LogP) is 1.75. The van der Waals surface area contributed by atoms with Gasteiger partial charge in [0.25, 0.3) is 0 Å². The summed E-state index contributed by atoms with van der Waals surface area (Å²) in [6, 6.07) is 3.30. The van der Waals surface area contributed by atoms with Crippen LogP contribution in [0.3, 0.4) is 0 Å². The SMILES string of the molecule is N=Nc1cc(C(=O)O)ccc1C(=O)O. The van der Waals surface area contributed by atoms with E-state index in [4.69, 9.17) is 15.7 Å². The fourth-order valence-corrected chi connectivity index (χ4v) is 0.938. The number of rotatable bonds is 3. The Morgan fingerprint density at radius 2 is 1.86 bits per heavy atom. The van der Waals surface area contributed by atoms with Gasteiger partial charge in [0.05, 0.1) is 11.1 Å². The van der Waals surface area contributed by atoms with Gasteiger partial charge < -0.3 is 10.2 Å². The molecule has 0 atom stereocenters. The highest BCUT2D eigenvalue weighted by Crippen LogP contribution is 2.20. The molecule has 0 aliphatic rings. The zero-order valence-electron chi connectivity index (χ0n) is 6.89. The normalized spacial score (nSPS) is 9.43. The van der Waals surface area contributed by atoms with E-state index >= 15 is 0 Å². The maximum absolute atomic E-state index is 10.6. The Morgan fingerprint density at radius 3 is 2.29 bits per heavy atom.